The van der Waals surface area contributed by atoms with Crippen LogP contribution in [0.2, 0.25) is 0 Å². The number of fused-ring (bicyclic) bond motifs is 3. The zero-order valence-corrected chi connectivity index (χ0v) is 11.7. The van der Waals surface area contributed by atoms with E-state index in [1.165, 1.54) is 25.7 Å². The molecule has 0 radical (unpaired) electrons. The molecule has 2 aliphatic rings. The van der Waals surface area contributed by atoms with Crippen LogP contribution in [0.1, 0.15) is 32.6 Å². The summed E-state index contributed by atoms with van der Waals surface area (Å²) in [7, 11) is 0. The lowest BCUT2D eigenvalue weighted by atomic mass is 9.96. The van der Waals surface area contributed by atoms with Crippen molar-refractivity contribution in [1.29, 1.82) is 0 Å². The van der Waals surface area contributed by atoms with Crippen molar-refractivity contribution in [3.8, 4) is 0 Å². The summed E-state index contributed by atoms with van der Waals surface area (Å²) in [5, 5.41) is 1.08. The monoisotopic (exact) mass is 266 g/mol. The normalized spacial score (nSPS) is 25.2. The van der Waals surface area contributed by atoms with E-state index in [-0.39, 0.29) is 0 Å². The number of hydrogen-bond acceptors (Lipinski definition) is 4. The summed E-state index contributed by atoms with van der Waals surface area (Å²) < 4.78 is 0. The standard InChI is InChI=1S/C16H18N4/c1-2-11-8-12-5-6-13(9-11)20(12)16-14-4-3-7-17-15(14)18-10-19-16/h2-4,7,10,12-13H,5-6,8-9H2,1H3. The minimum Gasteiger partial charge on any atom is -0.349 e. The maximum absolute atomic E-state index is 4.58. The molecule has 4 heterocycles. The van der Waals surface area contributed by atoms with Crippen LogP contribution < -0.4 is 4.90 Å². The summed E-state index contributed by atoms with van der Waals surface area (Å²) in [6, 6.07) is 5.25. The highest BCUT2D eigenvalue weighted by Gasteiger charge is 2.39. The molecule has 4 nitrogen and oxygen atoms in total. The highest BCUT2D eigenvalue weighted by Crippen LogP contribution is 2.42. The van der Waals surface area contributed by atoms with Gasteiger partial charge >= 0.3 is 0 Å². The Kier molecular flexibility index (Phi) is 2.69. The third kappa shape index (κ3) is 1.71. The van der Waals surface area contributed by atoms with Crippen LogP contribution in [0.5, 0.6) is 0 Å². The van der Waals surface area contributed by atoms with E-state index in [0.717, 1.165) is 16.9 Å². The summed E-state index contributed by atoms with van der Waals surface area (Å²) in [6.45, 7) is 2.16. The van der Waals surface area contributed by atoms with Gasteiger partial charge in [-0.05, 0) is 44.7 Å². The Morgan fingerprint density at radius 2 is 1.95 bits per heavy atom. The predicted molar refractivity (Wildman–Crippen MR) is 79.6 cm³/mol. The maximum Gasteiger partial charge on any atom is 0.164 e. The van der Waals surface area contributed by atoms with E-state index >= 15 is 0 Å². The van der Waals surface area contributed by atoms with Gasteiger partial charge in [-0.2, -0.15) is 0 Å². The Morgan fingerprint density at radius 3 is 2.70 bits per heavy atom. The van der Waals surface area contributed by atoms with E-state index in [0.29, 0.717) is 12.1 Å². The lowest BCUT2D eigenvalue weighted by Gasteiger charge is -2.37. The van der Waals surface area contributed by atoms with Gasteiger partial charge in [0.2, 0.25) is 0 Å². The first-order chi connectivity index (χ1) is 9.86. The van der Waals surface area contributed by atoms with Crippen molar-refractivity contribution < 1.29 is 0 Å². The molecule has 2 bridgehead atoms. The van der Waals surface area contributed by atoms with E-state index in [1.54, 1.807) is 18.1 Å². The predicted octanol–water partition coefficient (Wildman–Crippen LogP) is 3.10. The average molecular weight is 266 g/mol. The number of rotatable bonds is 1. The summed E-state index contributed by atoms with van der Waals surface area (Å²) in [4.78, 5) is 15.7. The summed E-state index contributed by atoms with van der Waals surface area (Å²) in [5.74, 6) is 1.07. The number of anilines is 1. The fourth-order valence-corrected chi connectivity index (χ4v) is 3.72. The number of aromatic nitrogens is 3. The maximum atomic E-state index is 4.58. The number of hydrogen-bond donors (Lipinski definition) is 0. The minimum atomic E-state index is 0.596. The number of nitrogens with zero attached hydrogens (tertiary/aromatic N) is 4. The van der Waals surface area contributed by atoms with E-state index in [4.69, 9.17) is 0 Å². The second-order valence-corrected chi connectivity index (χ2v) is 5.72. The van der Waals surface area contributed by atoms with Crippen LogP contribution >= 0.6 is 0 Å². The molecule has 0 amide bonds. The van der Waals surface area contributed by atoms with Crippen molar-refractivity contribution in [1.82, 2.24) is 15.0 Å². The Bertz CT molecular complexity index is 658. The molecular formula is C16H18N4. The Morgan fingerprint density at radius 1 is 1.15 bits per heavy atom. The Hall–Kier alpha value is -1.97. The molecule has 0 spiro atoms. The largest absolute Gasteiger partial charge is 0.349 e. The molecule has 2 aromatic rings. The molecule has 102 valence electrons. The molecule has 0 aromatic carbocycles. The first-order valence-corrected chi connectivity index (χ1v) is 7.35. The third-order valence-corrected chi connectivity index (χ3v) is 4.66. The summed E-state index contributed by atoms with van der Waals surface area (Å²) >= 11 is 0. The molecule has 2 aliphatic heterocycles. The average Bonchev–Trinajstić information content (AvgIpc) is 2.76. The summed E-state index contributed by atoms with van der Waals surface area (Å²) in [6.07, 6.45) is 10.6. The van der Waals surface area contributed by atoms with Gasteiger partial charge in [0.05, 0.1) is 5.39 Å². The van der Waals surface area contributed by atoms with E-state index < -0.39 is 0 Å². The van der Waals surface area contributed by atoms with Crippen LogP contribution in [-0.2, 0) is 0 Å². The van der Waals surface area contributed by atoms with Gasteiger partial charge in [-0.15, -0.1) is 0 Å². The molecule has 4 rings (SSSR count). The topological polar surface area (TPSA) is 41.9 Å². The second-order valence-electron chi connectivity index (χ2n) is 5.72. The Labute approximate surface area is 118 Å². The van der Waals surface area contributed by atoms with Crippen LogP contribution in [0.4, 0.5) is 5.82 Å². The number of allylic oxidation sites excluding steroid dienone is 1. The van der Waals surface area contributed by atoms with Gasteiger partial charge in [-0.3, -0.25) is 0 Å². The number of pyridine rings is 1. The van der Waals surface area contributed by atoms with Crippen molar-refractivity contribution in [3.05, 3.63) is 36.3 Å². The molecule has 2 saturated heterocycles. The van der Waals surface area contributed by atoms with Gasteiger partial charge in [-0.1, -0.05) is 11.6 Å². The van der Waals surface area contributed by atoms with Gasteiger partial charge in [-0.25, -0.2) is 15.0 Å². The van der Waals surface area contributed by atoms with Crippen molar-refractivity contribution in [2.75, 3.05) is 4.90 Å². The van der Waals surface area contributed by atoms with Crippen molar-refractivity contribution in [2.24, 2.45) is 0 Å². The van der Waals surface area contributed by atoms with Crippen LogP contribution in [0.3, 0.4) is 0 Å². The molecule has 2 unspecified atom stereocenters. The zero-order chi connectivity index (χ0) is 13.5. The molecule has 0 aliphatic carbocycles. The summed E-state index contributed by atoms with van der Waals surface area (Å²) in [5.41, 5.74) is 2.40. The molecule has 0 N–H and O–H groups in total. The van der Waals surface area contributed by atoms with Crippen LogP contribution in [0.25, 0.3) is 11.0 Å². The van der Waals surface area contributed by atoms with Gasteiger partial charge in [0.25, 0.3) is 0 Å². The highest BCUT2D eigenvalue weighted by atomic mass is 15.3. The molecule has 2 fully saturated rings. The fourth-order valence-electron chi connectivity index (χ4n) is 3.72. The Balaban J connectivity index is 1.81. The highest BCUT2D eigenvalue weighted by molar-refractivity contribution is 5.87. The fraction of sp³-hybridized carbons (Fsp3) is 0.438. The quantitative estimate of drug-likeness (QED) is 0.744. The SMILES string of the molecule is CC=C1CC2CCC(C1)N2c1ncnc2ncccc12. The van der Waals surface area contributed by atoms with Crippen molar-refractivity contribution >= 4 is 16.9 Å². The smallest absolute Gasteiger partial charge is 0.164 e. The van der Waals surface area contributed by atoms with Crippen molar-refractivity contribution in [2.45, 2.75) is 44.7 Å². The van der Waals surface area contributed by atoms with E-state index in [1.807, 2.05) is 6.07 Å². The first-order valence-electron chi connectivity index (χ1n) is 7.35. The first kappa shape index (κ1) is 11.8. The zero-order valence-electron chi connectivity index (χ0n) is 11.7. The molecule has 0 saturated carbocycles. The van der Waals surface area contributed by atoms with Crippen LogP contribution in [-0.4, -0.2) is 27.0 Å². The minimum absolute atomic E-state index is 0.596. The molecule has 20 heavy (non-hydrogen) atoms. The third-order valence-electron chi connectivity index (χ3n) is 4.66. The van der Waals surface area contributed by atoms with E-state index in [9.17, 15) is 0 Å². The second kappa shape index (κ2) is 4.54. The van der Waals surface area contributed by atoms with Crippen LogP contribution in [0, 0.1) is 0 Å². The molecule has 2 aromatic heterocycles. The molecule has 4 heteroatoms. The van der Waals surface area contributed by atoms with E-state index in [2.05, 4.69) is 38.9 Å². The van der Waals surface area contributed by atoms with Crippen LogP contribution in [0.15, 0.2) is 36.3 Å². The molecular weight excluding hydrogens is 248 g/mol. The molecule has 2 atom stereocenters. The van der Waals surface area contributed by atoms with Gasteiger partial charge < -0.3 is 4.90 Å². The van der Waals surface area contributed by atoms with Gasteiger partial charge in [0.1, 0.15) is 12.1 Å². The van der Waals surface area contributed by atoms with Gasteiger partial charge in [0, 0.05) is 18.3 Å². The lowest BCUT2D eigenvalue weighted by molar-refractivity contribution is 0.545. The van der Waals surface area contributed by atoms with Gasteiger partial charge in [0.15, 0.2) is 5.65 Å². The number of piperidine rings is 1. The lowest BCUT2D eigenvalue weighted by Crippen LogP contribution is -2.41. The van der Waals surface area contributed by atoms with Crippen molar-refractivity contribution in [3.63, 3.8) is 0 Å².